The number of nitrogens with zero attached hydrogens (tertiary/aromatic N) is 1. The first-order valence-corrected chi connectivity index (χ1v) is 10.7. The molecular weight excluding hydrogens is 469 g/mol. The first-order valence-electron chi connectivity index (χ1n) is 10.7. The number of fused-ring (bicyclic) bond motifs is 3. The fourth-order valence-corrected chi connectivity index (χ4v) is 3.73. The van der Waals surface area contributed by atoms with Crippen LogP contribution in [0, 0.1) is 0 Å². The second kappa shape index (κ2) is 10.6. The summed E-state index contributed by atoms with van der Waals surface area (Å²) in [7, 11) is 3.90. The fourth-order valence-electron chi connectivity index (χ4n) is 3.73. The molecule has 4 N–H and O–H groups in total. The van der Waals surface area contributed by atoms with Gasteiger partial charge in [-0.2, -0.15) is 13.2 Å². The molecule has 188 valence electrons. The van der Waals surface area contributed by atoms with Crippen molar-refractivity contribution in [3.05, 3.63) is 58.7 Å². The van der Waals surface area contributed by atoms with Crippen LogP contribution in [0.1, 0.15) is 37.8 Å². The zero-order valence-corrected chi connectivity index (χ0v) is 19.1. The predicted molar refractivity (Wildman–Crippen MR) is 120 cm³/mol. The Morgan fingerprint density at radius 3 is 2.57 bits per heavy atom. The number of aromatic nitrogens is 1. The number of carboxylic acids is 1. The van der Waals surface area contributed by atoms with Crippen molar-refractivity contribution in [3.8, 4) is 0 Å². The van der Waals surface area contributed by atoms with E-state index in [1.165, 1.54) is 0 Å². The average molecular weight is 494 g/mol. The Morgan fingerprint density at radius 1 is 1.20 bits per heavy atom. The van der Waals surface area contributed by atoms with Gasteiger partial charge in [0.1, 0.15) is 5.76 Å². The lowest BCUT2D eigenvalue weighted by Gasteiger charge is -2.18. The van der Waals surface area contributed by atoms with E-state index in [0.717, 1.165) is 39.8 Å². The van der Waals surface area contributed by atoms with Gasteiger partial charge in [-0.15, -0.1) is 0 Å². The molecule has 1 aromatic carbocycles. The molecule has 0 bridgehead atoms. The Bertz CT molecular complexity index is 1230. The summed E-state index contributed by atoms with van der Waals surface area (Å²) in [6.07, 6.45) is -1.63. The normalized spacial score (nSPS) is 13.1. The van der Waals surface area contributed by atoms with Gasteiger partial charge in [-0.3, -0.25) is 9.59 Å². The second-order valence-electron chi connectivity index (χ2n) is 8.15. The number of aliphatic carboxylic acids is 1. The van der Waals surface area contributed by atoms with Gasteiger partial charge in [0.15, 0.2) is 5.76 Å². The summed E-state index contributed by atoms with van der Waals surface area (Å²) in [6.45, 7) is 1.80. The van der Waals surface area contributed by atoms with Crippen LogP contribution in [-0.4, -0.2) is 66.1 Å². The quantitative estimate of drug-likeness (QED) is 0.417. The van der Waals surface area contributed by atoms with Gasteiger partial charge in [0.2, 0.25) is 0 Å². The number of aromatic amines is 1. The molecule has 0 saturated carbocycles. The summed E-state index contributed by atoms with van der Waals surface area (Å²) in [4.78, 5) is 38.6. The predicted octanol–water partition coefficient (Wildman–Crippen LogP) is 2.71. The van der Waals surface area contributed by atoms with E-state index in [9.17, 15) is 22.8 Å². The number of carboxylic acid groups (broad SMARTS) is 1. The minimum atomic E-state index is -5.08. The molecule has 9 nitrogen and oxygen atoms in total. The number of benzene rings is 1. The van der Waals surface area contributed by atoms with Gasteiger partial charge >= 0.3 is 12.1 Å². The third-order valence-corrected chi connectivity index (χ3v) is 5.22. The van der Waals surface area contributed by atoms with E-state index >= 15 is 0 Å². The van der Waals surface area contributed by atoms with Crippen LogP contribution < -0.4 is 10.6 Å². The number of hydrogen-bond donors (Lipinski definition) is 4. The third-order valence-electron chi connectivity index (χ3n) is 5.22. The number of hydrogen-bond acceptors (Lipinski definition) is 5. The molecule has 0 fully saturated rings. The van der Waals surface area contributed by atoms with Crippen LogP contribution in [0.2, 0.25) is 0 Å². The Labute approximate surface area is 198 Å². The Hall–Kier alpha value is -3.80. The molecule has 1 aliphatic rings. The van der Waals surface area contributed by atoms with Crippen LogP contribution in [0.25, 0.3) is 10.9 Å². The van der Waals surface area contributed by atoms with Gasteiger partial charge in [-0.1, -0.05) is 0 Å². The number of H-pyrrole nitrogens is 1. The van der Waals surface area contributed by atoms with Gasteiger partial charge in [-0.25, -0.2) is 4.79 Å². The van der Waals surface area contributed by atoms with Crippen LogP contribution in [0.4, 0.5) is 13.2 Å². The van der Waals surface area contributed by atoms with E-state index in [1.807, 2.05) is 43.4 Å². The van der Waals surface area contributed by atoms with Crippen molar-refractivity contribution in [1.82, 2.24) is 20.5 Å². The van der Waals surface area contributed by atoms with Crippen molar-refractivity contribution in [2.45, 2.75) is 25.6 Å². The molecule has 12 heteroatoms. The Morgan fingerprint density at radius 2 is 1.91 bits per heavy atom. The number of carbonyl (C=O) groups excluding carboxylic acids is 2. The first kappa shape index (κ1) is 25.8. The maximum Gasteiger partial charge on any atom is 0.490 e. The molecule has 0 unspecified atom stereocenters. The van der Waals surface area contributed by atoms with Crippen molar-refractivity contribution in [2.24, 2.45) is 0 Å². The van der Waals surface area contributed by atoms with Crippen LogP contribution >= 0.6 is 0 Å². The van der Waals surface area contributed by atoms with E-state index in [1.54, 1.807) is 6.07 Å². The lowest BCUT2D eigenvalue weighted by Crippen LogP contribution is -2.32. The number of carbonyl (C=O) groups is 3. The molecule has 2 amide bonds. The lowest BCUT2D eigenvalue weighted by molar-refractivity contribution is -0.192. The maximum atomic E-state index is 12.3. The zero-order chi connectivity index (χ0) is 25.8. The van der Waals surface area contributed by atoms with E-state index in [0.29, 0.717) is 31.8 Å². The molecule has 2 aromatic heterocycles. The van der Waals surface area contributed by atoms with Gasteiger partial charge in [0, 0.05) is 35.8 Å². The van der Waals surface area contributed by atoms with Crippen molar-refractivity contribution in [2.75, 3.05) is 27.2 Å². The number of amides is 2. The number of furan rings is 1. The molecule has 0 aliphatic carbocycles. The second-order valence-corrected chi connectivity index (χ2v) is 8.15. The van der Waals surface area contributed by atoms with Crippen LogP contribution in [0.5, 0.6) is 0 Å². The minimum absolute atomic E-state index is 0.0186. The highest BCUT2D eigenvalue weighted by Gasteiger charge is 2.38. The highest BCUT2D eigenvalue weighted by molar-refractivity contribution is 6.03. The molecule has 35 heavy (non-hydrogen) atoms. The Balaban J connectivity index is 0.000000429. The molecule has 1 aliphatic heterocycles. The molecule has 3 aromatic rings. The first-order chi connectivity index (χ1) is 16.5. The largest absolute Gasteiger partial charge is 0.490 e. The average Bonchev–Trinajstić information content (AvgIpc) is 3.40. The summed E-state index contributed by atoms with van der Waals surface area (Å²) in [5.74, 6) is -1.91. The monoisotopic (exact) mass is 494 g/mol. The van der Waals surface area contributed by atoms with E-state index < -0.39 is 12.1 Å². The molecule has 3 heterocycles. The van der Waals surface area contributed by atoms with Crippen LogP contribution in [-0.2, 0) is 24.2 Å². The smallest absolute Gasteiger partial charge is 0.475 e. The topological polar surface area (TPSA) is 128 Å². The standard InChI is InChI=1S/C21H24N4O3.C2HF3O2/c1-25(2)12-14-3-6-18(28-14)21(27)23-9-7-13-11-24-17-5-4-16-15(19(13)17)8-10-22-20(16)26;3-2(4,5)1(6)7/h3-6,11,24H,7-10,12H2,1-2H3,(H,22,26)(H,23,27);(H,6,7). The minimum Gasteiger partial charge on any atom is -0.475 e. The molecule has 0 spiro atoms. The van der Waals surface area contributed by atoms with E-state index in [2.05, 4.69) is 15.6 Å². The van der Waals surface area contributed by atoms with Gasteiger partial charge in [0.25, 0.3) is 11.8 Å². The van der Waals surface area contributed by atoms with Crippen molar-refractivity contribution in [3.63, 3.8) is 0 Å². The van der Waals surface area contributed by atoms with E-state index in [4.69, 9.17) is 14.3 Å². The highest BCUT2D eigenvalue weighted by atomic mass is 19.4. The molecular formula is C23H25F3N4O5. The summed E-state index contributed by atoms with van der Waals surface area (Å²) < 4.78 is 37.3. The van der Waals surface area contributed by atoms with Crippen LogP contribution in [0.3, 0.4) is 0 Å². The molecule has 0 radical (unpaired) electrons. The van der Waals surface area contributed by atoms with Gasteiger partial charge < -0.3 is 30.0 Å². The van der Waals surface area contributed by atoms with Crippen LogP contribution in [0.15, 0.2) is 34.9 Å². The van der Waals surface area contributed by atoms with Crippen molar-refractivity contribution >= 4 is 28.7 Å². The number of nitrogens with one attached hydrogen (secondary N) is 3. The number of rotatable bonds is 6. The Kier molecular flexibility index (Phi) is 7.85. The molecule has 4 rings (SSSR count). The van der Waals surface area contributed by atoms with Gasteiger partial charge in [0.05, 0.1) is 6.54 Å². The fraction of sp³-hybridized carbons (Fsp3) is 0.348. The summed E-state index contributed by atoms with van der Waals surface area (Å²) in [6, 6.07) is 7.34. The van der Waals surface area contributed by atoms with Gasteiger partial charge in [-0.05, 0) is 62.3 Å². The van der Waals surface area contributed by atoms with Crippen molar-refractivity contribution < 1.29 is 37.1 Å². The lowest BCUT2D eigenvalue weighted by atomic mass is 9.94. The highest BCUT2D eigenvalue weighted by Crippen LogP contribution is 2.28. The molecule has 0 atom stereocenters. The molecule has 0 saturated heterocycles. The maximum absolute atomic E-state index is 12.3. The van der Waals surface area contributed by atoms with E-state index in [-0.39, 0.29) is 11.8 Å². The SMILES string of the molecule is CN(C)Cc1ccc(C(=O)NCCc2c[nH]c3ccc4c(c23)CCNC4=O)o1.O=C(O)C(F)(F)F. The summed E-state index contributed by atoms with van der Waals surface area (Å²) in [5.41, 5.74) is 3.96. The summed E-state index contributed by atoms with van der Waals surface area (Å²) >= 11 is 0. The van der Waals surface area contributed by atoms with Crippen molar-refractivity contribution in [1.29, 1.82) is 0 Å². The third kappa shape index (κ3) is 6.41. The number of halogens is 3. The summed E-state index contributed by atoms with van der Waals surface area (Å²) in [5, 5.41) is 14.0. The number of alkyl halides is 3. The zero-order valence-electron chi connectivity index (χ0n) is 19.1.